The topological polar surface area (TPSA) is 87.7 Å². The number of nitrogens with zero attached hydrogens (tertiary/aromatic N) is 1. The van der Waals surface area contributed by atoms with Crippen LogP contribution < -0.4 is 11.1 Å². The highest BCUT2D eigenvalue weighted by molar-refractivity contribution is 7.16. The van der Waals surface area contributed by atoms with E-state index in [1.807, 2.05) is 26.0 Å². The number of carbonyl (C=O) groups is 1. The normalized spacial score (nSPS) is 12.4. The molecule has 1 heterocycles. The van der Waals surface area contributed by atoms with Crippen molar-refractivity contribution >= 4 is 34.7 Å². The van der Waals surface area contributed by atoms with Crippen LogP contribution in [0, 0.1) is 5.41 Å². The van der Waals surface area contributed by atoms with Gasteiger partial charge in [-0.25, -0.2) is 0 Å². The lowest BCUT2D eigenvalue weighted by Crippen LogP contribution is -2.49. The van der Waals surface area contributed by atoms with E-state index < -0.39 is 5.41 Å². The van der Waals surface area contributed by atoms with Crippen LogP contribution in [0.1, 0.15) is 31.6 Å². The molecule has 1 aromatic rings. The van der Waals surface area contributed by atoms with E-state index in [1.54, 1.807) is 0 Å². The van der Waals surface area contributed by atoms with Crippen molar-refractivity contribution in [3.05, 3.63) is 21.3 Å². The molecule has 0 atom stereocenters. The van der Waals surface area contributed by atoms with Gasteiger partial charge in [0.25, 0.3) is 0 Å². The number of thiophene rings is 1. The largest absolute Gasteiger partial charge is 0.409 e. The van der Waals surface area contributed by atoms with Crippen LogP contribution in [-0.2, 0) is 11.2 Å². The highest BCUT2D eigenvalue weighted by atomic mass is 35.5. The third kappa shape index (κ3) is 3.64. The summed E-state index contributed by atoms with van der Waals surface area (Å²) in [7, 11) is 0. The van der Waals surface area contributed by atoms with Gasteiger partial charge in [0, 0.05) is 11.4 Å². The second-order valence-electron chi connectivity index (χ2n) is 4.49. The summed E-state index contributed by atoms with van der Waals surface area (Å²) in [6, 6.07) is 3.78. The summed E-state index contributed by atoms with van der Waals surface area (Å²) in [6.07, 6.45) is 1.68. The van der Waals surface area contributed by atoms with E-state index in [-0.39, 0.29) is 11.7 Å². The summed E-state index contributed by atoms with van der Waals surface area (Å²) in [6.45, 7) is 4.19. The molecule has 5 nitrogen and oxygen atoms in total. The molecule has 0 saturated carbocycles. The SMILES string of the molecule is CCC(CC)(C(=O)NCCc1ccc(Cl)s1)/C(N)=N/O. The van der Waals surface area contributed by atoms with E-state index in [4.69, 9.17) is 22.5 Å². The van der Waals surface area contributed by atoms with Gasteiger partial charge in [-0.1, -0.05) is 30.6 Å². The van der Waals surface area contributed by atoms with Crippen LogP contribution in [0.3, 0.4) is 0 Å². The molecule has 0 fully saturated rings. The number of hydrogen-bond acceptors (Lipinski definition) is 4. The number of rotatable bonds is 7. The zero-order valence-electron chi connectivity index (χ0n) is 11.6. The first-order valence-electron chi connectivity index (χ1n) is 6.50. The molecule has 7 heteroatoms. The minimum absolute atomic E-state index is 0.0424. The highest BCUT2D eigenvalue weighted by Crippen LogP contribution is 2.27. The third-order valence-corrected chi connectivity index (χ3v) is 4.82. The zero-order valence-corrected chi connectivity index (χ0v) is 13.2. The number of carbonyl (C=O) groups excluding carboxylic acids is 1. The molecule has 0 aliphatic heterocycles. The number of halogens is 1. The summed E-state index contributed by atoms with van der Waals surface area (Å²) < 4.78 is 0.736. The van der Waals surface area contributed by atoms with E-state index in [1.165, 1.54) is 11.3 Å². The Balaban J connectivity index is 2.63. The molecule has 0 bridgehead atoms. The van der Waals surface area contributed by atoms with E-state index in [2.05, 4.69) is 10.5 Å². The second-order valence-corrected chi connectivity index (χ2v) is 6.29. The number of nitrogens with one attached hydrogen (secondary N) is 1. The monoisotopic (exact) mass is 317 g/mol. The Morgan fingerprint density at radius 2 is 2.15 bits per heavy atom. The molecule has 0 saturated heterocycles. The van der Waals surface area contributed by atoms with Crippen LogP contribution in [0.4, 0.5) is 0 Å². The lowest BCUT2D eigenvalue weighted by molar-refractivity contribution is -0.127. The summed E-state index contributed by atoms with van der Waals surface area (Å²) in [4.78, 5) is 13.4. The quantitative estimate of drug-likeness (QED) is 0.312. The predicted octanol–water partition coefficient (Wildman–Crippen LogP) is 2.61. The molecule has 1 aromatic heterocycles. The summed E-state index contributed by atoms with van der Waals surface area (Å²) in [5.41, 5.74) is 4.74. The Hall–Kier alpha value is -1.27. The van der Waals surface area contributed by atoms with Gasteiger partial charge in [0.2, 0.25) is 5.91 Å². The van der Waals surface area contributed by atoms with Gasteiger partial charge in [-0.15, -0.1) is 11.3 Å². The molecule has 0 spiro atoms. The predicted molar refractivity (Wildman–Crippen MR) is 82.5 cm³/mol. The van der Waals surface area contributed by atoms with E-state index in [0.29, 0.717) is 25.8 Å². The molecule has 0 aliphatic rings. The standard InChI is InChI=1S/C13H20ClN3O2S/c1-3-13(4-2,11(15)17-19)12(18)16-8-7-9-5-6-10(14)20-9/h5-6,19H,3-4,7-8H2,1-2H3,(H2,15,17)(H,16,18). The van der Waals surface area contributed by atoms with Gasteiger partial charge >= 0.3 is 0 Å². The molecular weight excluding hydrogens is 298 g/mol. The maximum atomic E-state index is 12.3. The van der Waals surface area contributed by atoms with Crippen molar-refractivity contribution < 1.29 is 10.0 Å². The van der Waals surface area contributed by atoms with Crippen LogP contribution >= 0.6 is 22.9 Å². The van der Waals surface area contributed by atoms with Crippen molar-refractivity contribution in [2.75, 3.05) is 6.54 Å². The molecule has 0 radical (unpaired) electrons. The second kappa shape index (κ2) is 7.50. The van der Waals surface area contributed by atoms with Gasteiger partial charge < -0.3 is 16.3 Å². The fourth-order valence-corrected chi connectivity index (χ4v) is 3.19. The molecule has 20 heavy (non-hydrogen) atoms. The minimum atomic E-state index is -0.943. The first-order chi connectivity index (χ1) is 9.50. The lowest BCUT2D eigenvalue weighted by Gasteiger charge is -2.28. The molecule has 0 aliphatic carbocycles. The van der Waals surface area contributed by atoms with Gasteiger partial charge in [-0.2, -0.15) is 0 Å². The maximum Gasteiger partial charge on any atom is 0.233 e. The van der Waals surface area contributed by atoms with Crippen LogP contribution in [0.15, 0.2) is 17.3 Å². The van der Waals surface area contributed by atoms with Crippen molar-refractivity contribution in [1.82, 2.24) is 5.32 Å². The maximum absolute atomic E-state index is 12.3. The van der Waals surface area contributed by atoms with Crippen LogP contribution in [-0.4, -0.2) is 23.5 Å². The van der Waals surface area contributed by atoms with Crippen molar-refractivity contribution in [2.24, 2.45) is 16.3 Å². The molecule has 0 aromatic carbocycles. The van der Waals surface area contributed by atoms with Gasteiger partial charge in [0.05, 0.1) is 4.34 Å². The first-order valence-corrected chi connectivity index (χ1v) is 7.70. The molecule has 4 N–H and O–H groups in total. The Labute approximate surface area is 127 Å². The lowest BCUT2D eigenvalue weighted by atomic mass is 9.80. The Bertz CT molecular complexity index is 484. The van der Waals surface area contributed by atoms with Crippen molar-refractivity contribution in [3.63, 3.8) is 0 Å². The molecule has 1 rings (SSSR count). The summed E-state index contributed by atoms with van der Waals surface area (Å²) >= 11 is 7.35. The van der Waals surface area contributed by atoms with E-state index >= 15 is 0 Å². The van der Waals surface area contributed by atoms with Crippen molar-refractivity contribution in [2.45, 2.75) is 33.1 Å². The smallest absolute Gasteiger partial charge is 0.233 e. The van der Waals surface area contributed by atoms with Crippen LogP contribution in [0.2, 0.25) is 4.34 Å². The molecule has 0 unspecified atom stereocenters. The average molecular weight is 318 g/mol. The van der Waals surface area contributed by atoms with Gasteiger partial charge in [0.1, 0.15) is 5.41 Å². The van der Waals surface area contributed by atoms with Gasteiger partial charge in [0.15, 0.2) is 5.84 Å². The Morgan fingerprint density at radius 3 is 2.60 bits per heavy atom. The zero-order chi connectivity index (χ0) is 15.2. The fourth-order valence-electron chi connectivity index (χ4n) is 2.10. The summed E-state index contributed by atoms with van der Waals surface area (Å²) in [5, 5.41) is 14.7. The van der Waals surface area contributed by atoms with E-state index in [9.17, 15) is 4.79 Å². The third-order valence-electron chi connectivity index (χ3n) is 3.53. The first kappa shape index (κ1) is 16.8. The minimum Gasteiger partial charge on any atom is -0.409 e. The Morgan fingerprint density at radius 1 is 1.50 bits per heavy atom. The fraction of sp³-hybridized carbons (Fsp3) is 0.538. The van der Waals surface area contributed by atoms with Crippen molar-refractivity contribution in [1.29, 1.82) is 0 Å². The highest BCUT2D eigenvalue weighted by Gasteiger charge is 2.39. The Kier molecular flexibility index (Phi) is 6.29. The number of nitrogens with two attached hydrogens (primary N) is 1. The average Bonchev–Trinajstić information content (AvgIpc) is 2.86. The molecule has 112 valence electrons. The molecule has 1 amide bonds. The van der Waals surface area contributed by atoms with Crippen LogP contribution in [0.25, 0.3) is 0 Å². The van der Waals surface area contributed by atoms with Gasteiger partial charge in [-0.3, -0.25) is 4.79 Å². The van der Waals surface area contributed by atoms with Gasteiger partial charge in [-0.05, 0) is 31.4 Å². The number of amides is 1. The number of amidine groups is 1. The van der Waals surface area contributed by atoms with Crippen LogP contribution in [0.5, 0.6) is 0 Å². The summed E-state index contributed by atoms with van der Waals surface area (Å²) in [5.74, 6) is -0.250. The van der Waals surface area contributed by atoms with Crippen molar-refractivity contribution in [3.8, 4) is 0 Å². The number of oxime groups is 1. The van der Waals surface area contributed by atoms with E-state index in [0.717, 1.165) is 9.21 Å². The molecular formula is C13H20ClN3O2S. The number of hydrogen-bond donors (Lipinski definition) is 3.